The summed E-state index contributed by atoms with van der Waals surface area (Å²) in [6.45, 7) is 4.20. The van der Waals surface area contributed by atoms with Crippen molar-refractivity contribution < 1.29 is 9.52 Å². The van der Waals surface area contributed by atoms with Crippen LogP contribution in [0.2, 0.25) is 0 Å². The second-order valence-electron chi connectivity index (χ2n) is 4.64. The Hall–Kier alpha value is -1.02. The van der Waals surface area contributed by atoms with E-state index in [1.807, 2.05) is 12.1 Å². The van der Waals surface area contributed by atoms with Crippen LogP contribution in [-0.2, 0) is 0 Å². The van der Waals surface area contributed by atoms with E-state index in [1.165, 1.54) is 5.57 Å². The minimum absolute atomic E-state index is 0.00718. The maximum Gasteiger partial charge on any atom is 0.0977 e. The van der Waals surface area contributed by atoms with Crippen LogP contribution >= 0.6 is 0 Å². The smallest absolute Gasteiger partial charge is 0.0977 e. The van der Waals surface area contributed by atoms with Crippen molar-refractivity contribution in [2.75, 3.05) is 0 Å². The molecule has 2 nitrogen and oxygen atoms in total. The van der Waals surface area contributed by atoms with Crippen molar-refractivity contribution >= 4 is 5.57 Å². The van der Waals surface area contributed by atoms with Crippen molar-refractivity contribution in [2.24, 2.45) is 5.41 Å². The molecular weight excluding hydrogens is 176 g/mol. The summed E-state index contributed by atoms with van der Waals surface area (Å²) in [7, 11) is 0. The lowest BCUT2D eigenvalue weighted by molar-refractivity contribution is 0.0794. The van der Waals surface area contributed by atoms with E-state index in [4.69, 9.17) is 4.42 Å². The molecule has 2 rings (SSSR count). The monoisotopic (exact) mass is 192 g/mol. The number of aliphatic hydroxyl groups excluding tert-OH is 1. The minimum atomic E-state index is -0.346. The van der Waals surface area contributed by atoms with Gasteiger partial charge in [0, 0.05) is 5.56 Å². The quantitative estimate of drug-likeness (QED) is 0.742. The van der Waals surface area contributed by atoms with Crippen LogP contribution in [0.5, 0.6) is 0 Å². The van der Waals surface area contributed by atoms with Gasteiger partial charge in [0.2, 0.25) is 0 Å². The Morgan fingerprint density at radius 3 is 2.86 bits per heavy atom. The van der Waals surface area contributed by atoms with Gasteiger partial charge in [-0.25, -0.2) is 0 Å². The fraction of sp³-hybridized carbons (Fsp3) is 0.500. The second-order valence-corrected chi connectivity index (χ2v) is 4.64. The molecule has 1 heterocycles. The molecule has 76 valence electrons. The molecule has 1 atom stereocenters. The fourth-order valence-corrected chi connectivity index (χ4v) is 1.79. The van der Waals surface area contributed by atoms with Crippen molar-refractivity contribution in [3.05, 3.63) is 30.2 Å². The molecule has 0 fully saturated rings. The van der Waals surface area contributed by atoms with Gasteiger partial charge in [-0.1, -0.05) is 19.9 Å². The predicted molar refractivity (Wildman–Crippen MR) is 55.7 cm³/mol. The van der Waals surface area contributed by atoms with E-state index in [0.29, 0.717) is 0 Å². The van der Waals surface area contributed by atoms with Crippen LogP contribution in [0.15, 0.2) is 29.1 Å². The SMILES string of the molecule is CC1(C)CCC(c2ccoc2)=C[C@@H]1O. The number of aliphatic hydroxyl groups is 1. The fourth-order valence-electron chi connectivity index (χ4n) is 1.79. The molecule has 0 aliphatic heterocycles. The third kappa shape index (κ3) is 1.62. The maximum atomic E-state index is 9.90. The van der Waals surface area contributed by atoms with Crippen molar-refractivity contribution in [3.63, 3.8) is 0 Å². The first kappa shape index (κ1) is 9.53. The van der Waals surface area contributed by atoms with Crippen LogP contribution in [0.4, 0.5) is 0 Å². The summed E-state index contributed by atoms with van der Waals surface area (Å²) in [6.07, 6.45) is 7.05. The van der Waals surface area contributed by atoms with Crippen molar-refractivity contribution in [1.29, 1.82) is 0 Å². The number of hydrogen-bond acceptors (Lipinski definition) is 2. The lowest BCUT2D eigenvalue weighted by Gasteiger charge is -2.33. The molecule has 14 heavy (non-hydrogen) atoms. The largest absolute Gasteiger partial charge is 0.472 e. The van der Waals surface area contributed by atoms with E-state index in [0.717, 1.165) is 18.4 Å². The molecule has 0 unspecified atom stereocenters. The molecule has 1 aliphatic rings. The summed E-state index contributed by atoms with van der Waals surface area (Å²) in [5.74, 6) is 0. The zero-order valence-corrected chi connectivity index (χ0v) is 8.66. The highest BCUT2D eigenvalue weighted by atomic mass is 16.3. The Morgan fingerprint density at radius 1 is 1.50 bits per heavy atom. The first-order chi connectivity index (χ1) is 6.59. The number of hydrogen-bond donors (Lipinski definition) is 1. The van der Waals surface area contributed by atoms with E-state index < -0.39 is 0 Å². The Kier molecular flexibility index (Phi) is 2.23. The lowest BCUT2D eigenvalue weighted by Crippen LogP contribution is -2.30. The highest BCUT2D eigenvalue weighted by Crippen LogP contribution is 2.38. The molecule has 1 aromatic heterocycles. The Balaban J connectivity index is 2.25. The number of allylic oxidation sites excluding steroid dienone is 1. The summed E-state index contributed by atoms with van der Waals surface area (Å²) >= 11 is 0. The Labute approximate surface area is 84.2 Å². The average Bonchev–Trinajstić information content (AvgIpc) is 2.62. The van der Waals surface area contributed by atoms with Gasteiger partial charge in [0.1, 0.15) is 0 Å². The molecule has 1 N–H and O–H groups in total. The number of rotatable bonds is 1. The average molecular weight is 192 g/mol. The molecule has 0 bridgehead atoms. The molecule has 1 aliphatic carbocycles. The van der Waals surface area contributed by atoms with Crippen LogP contribution in [0.3, 0.4) is 0 Å². The van der Waals surface area contributed by atoms with Gasteiger partial charge in [-0.2, -0.15) is 0 Å². The zero-order valence-electron chi connectivity index (χ0n) is 8.66. The lowest BCUT2D eigenvalue weighted by atomic mass is 9.75. The first-order valence-electron chi connectivity index (χ1n) is 5.01. The molecule has 2 heteroatoms. The highest BCUT2D eigenvalue weighted by Gasteiger charge is 2.30. The van der Waals surface area contributed by atoms with Gasteiger partial charge in [0.25, 0.3) is 0 Å². The standard InChI is InChI=1S/C12H16O2/c1-12(2)5-3-9(7-11(12)13)10-4-6-14-8-10/h4,6-8,11,13H,3,5H2,1-2H3/t11-/m0/s1. The second kappa shape index (κ2) is 3.28. The minimum Gasteiger partial charge on any atom is -0.472 e. The highest BCUT2D eigenvalue weighted by molar-refractivity contribution is 5.66. The topological polar surface area (TPSA) is 33.4 Å². The molecule has 0 radical (unpaired) electrons. The normalized spacial score (nSPS) is 25.9. The molecular formula is C12H16O2. The molecule has 1 aromatic rings. The number of furan rings is 1. The predicted octanol–water partition coefficient (Wildman–Crippen LogP) is 2.84. The van der Waals surface area contributed by atoms with Crippen LogP contribution in [-0.4, -0.2) is 11.2 Å². The van der Waals surface area contributed by atoms with E-state index in [-0.39, 0.29) is 11.5 Å². The molecule has 0 saturated carbocycles. The first-order valence-corrected chi connectivity index (χ1v) is 5.01. The zero-order chi connectivity index (χ0) is 10.2. The van der Waals surface area contributed by atoms with Crippen LogP contribution in [0.25, 0.3) is 5.57 Å². The third-order valence-electron chi connectivity index (χ3n) is 3.09. The summed E-state index contributed by atoms with van der Waals surface area (Å²) < 4.78 is 5.03. The van der Waals surface area contributed by atoms with Crippen LogP contribution in [0.1, 0.15) is 32.3 Å². The van der Waals surface area contributed by atoms with Crippen molar-refractivity contribution in [2.45, 2.75) is 32.8 Å². The van der Waals surface area contributed by atoms with Crippen molar-refractivity contribution in [1.82, 2.24) is 0 Å². The molecule has 0 aromatic carbocycles. The van der Waals surface area contributed by atoms with E-state index in [2.05, 4.69) is 13.8 Å². The summed E-state index contributed by atoms with van der Waals surface area (Å²) in [5, 5.41) is 9.90. The Morgan fingerprint density at radius 2 is 2.29 bits per heavy atom. The van der Waals surface area contributed by atoms with Gasteiger partial charge < -0.3 is 9.52 Å². The summed E-state index contributed by atoms with van der Waals surface area (Å²) in [6, 6.07) is 1.94. The van der Waals surface area contributed by atoms with Crippen LogP contribution < -0.4 is 0 Å². The van der Waals surface area contributed by atoms with Gasteiger partial charge in [-0.3, -0.25) is 0 Å². The van der Waals surface area contributed by atoms with Crippen LogP contribution in [0, 0.1) is 5.41 Å². The third-order valence-corrected chi connectivity index (χ3v) is 3.09. The van der Waals surface area contributed by atoms with Gasteiger partial charge in [-0.15, -0.1) is 0 Å². The van der Waals surface area contributed by atoms with Gasteiger partial charge in [0.15, 0.2) is 0 Å². The van der Waals surface area contributed by atoms with E-state index >= 15 is 0 Å². The van der Waals surface area contributed by atoms with Gasteiger partial charge in [0.05, 0.1) is 18.6 Å². The van der Waals surface area contributed by atoms with Crippen molar-refractivity contribution in [3.8, 4) is 0 Å². The maximum absolute atomic E-state index is 9.90. The van der Waals surface area contributed by atoms with Gasteiger partial charge in [-0.05, 0) is 29.9 Å². The van der Waals surface area contributed by atoms with Gasteiger partial charge >= 0.3 is 0 Å². The summed E-state index contributed by atoms with van der Waals surface area (Å²) in [4.78, 5) is 0. The molecule has 0 amide bonds. The molecule has 0 spiro atoms. The van der Waals surface area contributed by atoms with E-state index in [1.54, 1.807) is 12.5 Å². The Bertz CT molecular complexity index is 333. The van der Waals surface area contributed by atoms with E-state index in [9.17, 15) is 5.11 Å². The molecule has 0 saturated heterocycles. The summed E-state index contributed by atoms with van der Waals surface area (Å²) in [5.41, 5.74) is 2.30.